The topological polar surface area (TPSA) is 20.2 Å². The Morgan fingerprint density at radius 3 is 2.32 bits per heavy atom. The number of aliphatic hydroxyl groups excluding tert-OH is 1. The Morgan fingerprint density at radius 2 is 1.74 bits per heavy atom. The summed E-state index contributed by atoms with van der Waals surface area (Å²) in [5.41, 5.74) is 1.41. The van der Waals surface area contributed by atoms with E-state index in [4.69, 9.17) is 23.2 Å². The van der Waals surface area contributed by atoms with Gasteiger partial charge in [0.2, 0.25) is 0 Å². The average Bonchev–Trinajstić information content (AvgIpc) is 3.02. The number of hydrogen-bond donors (Lipinski definition) is 1. The van der Waals surface area contributed by atoms with Crippen LogP contribution in [0.1, 0.15) is 50.5 Å². The lowest BCUT2D eigenvalue weighted by atomic mass is 9.67. The van der Waals surface area contributed by atoms with E-state index in [9.17, 15) is 5.11 Å². The molecule has 2 fully saturated rings. The predicted molar refractivity (Wildman–Crippen MR) is 80.0 cm³/mol. The third-order valence-corrected chi connectivity index (χ3v) is 5.92. The maximum Gasteiger partial charge on any atom is 0.0595 e. The molecule has 0 radical (unpaired) electrons. The van der Waals surface area contributed by atoms with Gasteiger partial charge < -0.3 is 5.11 Å². The summed E-state index contributed by atoms with van der Waals surface area (Å²) in [7, 11) is 0. The second-order valence-electron chi connectivity index (χ2n) is 6.10. The lowest BCUT2D eigenvalue weighted by Gasteiger charge is -2.38. The molecule has 3 heteroatoms. The first-order valence-electron chi connectivity index (χ1n) is 7.27. The Balaban J connectivity index is 2.02. The average molecular weight is 299 g/mol. The fourth-order valence-corrected chi connectivity index (χ4v) is 4.57. The second-order valence-corrected chi connectivity index (χ2v) is 6.91. The van der Waals surface area contributed by atoms with Crippen LogP contribution in [0.4, 0.5) is 0 Å². The monoisotopic (exact) mass is 298 g/mol. The molecule has 0 bridgehead atoms. The van der Waals surface area contributed by atoms with Crippen molar-refractivity contribution in [3.63, 3.8) is 0 Å². The highest BCUT2D eigenvalue weighted by Gasteiger charge is 2.47. The minimum Gasteiger partial charge on any atom is -0.393 e. The van der Waals surface area contributed by atoms with Crippen LogP contribution in [0.3, 0.4) is 0 Å². The van der Waals surface area contributed by atoms with Gasteiger partial charge in [-0.1, -0.05) is 48.5 Å². The lowest BCUT2D eigenvalue weighted by Crippen LogP contribution is -2.37. The molecule has 0 saturated heterocycles. The summed E-state index contributed by atoms with van der Waals surface area (Å²) < 4.78 is 0. The van der Waals surface area contributed by atoms with Gasteiger partial charge in [0.1, 0.15) is 0 Å². The highest BCUT2D eigenvalue weighted by Crippen LogP contribution is 2.52. The molecular formula is C16H20Cl2O. The number of benzene rings is 1. The van der Waals surface area contributed by atoms with Gasteiger partial charge in [-0.15, -0.1) is 0 Å². The maximum absolute atomic E-state index is 10.3. The normalized spacial score (nSPS) is 29.8. The zero-order chi connectivity index (χ0) is 13.5. The molecule has 0 heterocycles. The van der Waals surface area contributed by atoms with Crippen LogP contribution in [-0.4, -0.2) is 11.2 Å². The Morgan fingerprint density at radius 1 is 1.00 bits per heavy atom. The fourth-order valence-electron chi connectivity index (χ4n) is 4.27. The molecule has 3 rings (SSSR count). The van der Waals surface area contributed by atoms with Crippen molar-refractivity contribution in [2.75, 3.05) is 0 Å². The van der Waals surface area contributed by atoms with Crippen molar-refractivity contribution >= 4 is 23.2 Å². The van der Waals surface area contributed by atoms with Crippen molar-refractivity contribution < 1.29 is 5.11 Å². The molecule has 2 atom stereocenters. The standard InChI is InChI=1S/C16H20Cl2O/c17-13-7-6-11(10-14(13)18)16(8-1-2-9-16)12-4-3-5-15(12)19/h6-7,10,12,15,19H,1-5,8-9H2/t12-,15?/m0/s1. The molecule has 104 valence electrons. The molecule has 1 aromatic rings. The van der Waals surface area contributed by atoms with Gasteiger partial charge in [0.25, 0.3) is 0 Å². The van der Waals surface area contributed by atoms with E-state index < -0.39 is 0 Å². The quantitative estimate of drug-likeness (QED) is 0.817. The third-order valence-electron chi connectivity index (χ3n) is 5.18. The summed E-state index contributed by atoms with van der Waals surface area (Å²) >= 11 is 12.2. The molecule has 1 aromatic carbocycles. The molecule has 0 spiro atoms. The highest BCUT2D eigenvalue weighted by atomic mass is 35.5. The van der Waals surface area contributed by atoms with Gasteiger partial charge >= 0.3 is 0 Å². The maximum atomic E-state index is 10.3. The van der Waals surface area contributed by atoms with Gasteiger partial charge in [-0.05, 0) is 49.3 Å². The molecule has 1 unspecified atom stereocenters. The van der Waals surface area contributed by atoms with Gasteiger partial charge in [-0.25, -0.2) is 0 Å². The van der Waals surface area contributed by atoms with E-state index in [-0.39, 0.29) is 11.5 Å². The van der Waals surface area contributed by atoms with Crippen LogP contribution in [0, 0.1) is 5.92 Å². The summed E-state index contributed by atoms with van der Waals surface area (Å²) in [6, 6.07) is 6.05. The first-order chi connectivity index (χ1) is 9.13. The second kappa shape index (κ2) is 5.27. The van der Waals surface area contributed by atoms with Crippen LogP contribution in [0.2, 0.25) is 10.0 Å². The smallest absolute Gasteiger partial charge is 0.0595 e. The van der Waals surface area contributed by atoms with Crippen molar-refractivity contribution in [2.45, 2.75) is 56.5 Å². The van der Waals surface area contributed by atoms with Gasteiger partial charge in [0, 0.05) is 5.41 Å². The van der Waals surface area contributed by atoms with Crippen molar-refractivity contribution in [2.24, 2.45) is 5.92 Å². The van der Waals surface area contributed by atoms with Crippen LogP contribution in [-0.2, 0) is 5.41 Å². The van der Waals surface area contributed by atoms with Crippen molar-refractivity contribution in [3.8, 4) is 0 Å². The van der Waals surface area contributed by atoms with E-state index in [0.717, 1.165) is 19.3 Å². The highest BCUT2D eigenvalue weighted by molar-refractivity contribution is 6.42. The molecule has 0 aliphatic heterocycles. The van der Waals surface area contributed by atoms with Crippen molar-refractivity contribution in [1.82, 2.24) is 0 Å². The lowest BCUT2D eigenvalue weighted by molar-refractivity contribution is 0.0815. The van der Waals surface area contributed by atoms with Crippen molar-refractivity contribution in [3.05, 3.63) is 33.8 Å². The van der Waals surface area contributed by atoms with Gasteiger partial charge in [0.05, 0.1) is 16.1 Å². The van der Waals surface area contributed by atoms with E-state index in [1.807, 2.05) is 12.1 Å². The third kappa shape index (κ3) is 2.30. The SMILES string of the molecule is OC1CCC[C@@H]1C1(c2ccc(Cl)c(Cl)c2)CCCC1. The van der Waals surface area contributed by atoms with E-state index in [1.54, 1.807) is 0 Å². The molecule has 1 nitrogen and oxygen atoms in total. The van der Waals surface area contributed by atoms with Crippen LogP contribution >= 0.6 is 23.2 Å². The molecule has 0 aromatic heterocycles. The molecular weight excluding hydrogens is 279 g/mol. The first-order valence-corrected chi connectivity index (χ1v) is 8.03. The van der Waals surface area contributed by atoms with Gasteiger partial charge in [-0.3, -0.25) is 0 Å². The number of halogens is 2. The summed E-state index contributed by atoms with van der Waals surface area (Å²) in [5.74, 6) is 0.396. The molecule has 2 saturated carbocycles. The van der Waals surface area contributed by atoms with Crippen LogP contribution in [0.15, 0.2) is 18.2 Å². The number of rotatable bonds is 2. The van der Waals surface area contributed by atoms with E-state index in [2.05, 4.69) is 6.07 Å². The number of hydrogen-bond acceptors (Lipinski definition) is 1. The summed E-state index contributed by atoms with van der Waals surface area (Å²) in [4.78, 5) is 0. The summed E-state index contributed by atoms with van der Waals surface area (Å²) in [5, 5.41) is 11.6. The Kier molecular flexibility index (Phi) is 3.81. The molecule has 1 N–H and O–H groups in total. The Hall–Kier alpha value is -0.240. The van der Waals surface area contributed by atoms with E-state index >= 15 is 0 Å². The van der Waals surface area contributed by atoms with Crippen LogP contribution in [0.5, 0.6) is 0 Å². The van der Waals surface area contributed by atoms with Crippen LogP contribution in [0.25, 0.3) is 0 Å². The zero-order valence-corrected chi connectivity index (χ0v) is 12.6. The van der Waals surface area contributed by atoms with E-state index in [1.165, 1.54) is 31.2 Å². The number of aliphatic hydroxyl groups is 1. The Bertz CT molecular complexity index is 466. The fraction of sp³-hybridized carbons (Fsp3) is 0.625. The Labute approximate surface area is 124 Å². The van der Waals surface area contributed by atoms with Crippen molar-refractivity contribution in [1.29, 1.82) is 0 Å². The minimum atomic E-state index is -0.146. The summed E-state index contributed by atoms with van der Waals surface area (Å²) in [6.45, 7) is 0. The zero-order valence-electron chi connectivity index (χ0n) is 11.0. The van der Waals surface area contributed by atoms with E-state index in [0.29, 0.717) is 16.0 Å². The predicted octanol–water partition coefficient (Wildman–Crippen LogP) is 4.97. The minimum absolute atomic E-state index is 0.129. The first kappa shape index (κ1) is 13.7. The van der Waals surface area contributed by atoms with Crippen LogP contribution < -0.4 is 0 Å². The van der Waals surface area contributed by atoms with Gasteiger partial charge in [-0.2, -0.15) is 0 Å². The summed E-state index contributed by atoms with van der Waals surface area (Å²) in [6.07, 6.45) is 7.95. The molecule has 19 heavy (non-hydrogen) atoms. The molecule has 0 amide bonds. The molecule has 2 aliphatic carbocycles. The van der Waals surface area contributed by atoms with Gasteiger partial charge in [0.15, 0.2) is 0 Å². The molecule has 2 aliphatic rings. The largest absolute Gasteiger partial charge is 0.393 e.